The maximum absolute atomic E-state index is 13.1. The first kappa shape index (κ1) is 16.6. The molecule has 5 heteroatoms. The average Bonchev–Trinajstić information content (AvgIpc) is 2.81. The molecule has 4 nitrogen and oxygen atoms in total. The molecule has 24 heavy (non-hydrogen) atoms. The Bertz CT molecular complexity index is 981. The second-order valence-electron chi connectivity index (χ2n) is 6.17. The van der Waals surface area contributed by atoms with E-state index in [2.05, 4.69) is 0 Å². The summed E-state index contributed by atoms with van der Waals surface area (Å²) in [5.41, 5.74) is 2.98. The highest BCUT2D eigenvalue weighted by molar-refractivity contribution is 7.18. The maximum Gasteiger partial charge on any atom is 0.262 e. The highest BCUT2D eigenvalue weighted by Crippen LogP contribution is 2.28. The SMILES string of the molecule is CC(=O)CCn1c(-c2ccc(C)cc2)nc2sc(C)c(C)c2c1=O. The summed E-state index contributed by atoms with van der Waals surface area (Å²) in [7, 11) is 0. The van der Waals surface area contributed by atoms with Crippen molar-refractivity contribution in [2.24, 2.45) is 0 Å². The fraction of sp³-hybridized carbons (Fsp3) is 0.316. The molecule has 124 valence electrons. The van der Waals surface area contributed by atoms with Gasteiger partial charge in [-0.2, -0.15) is 0 Å². The van der Waals surface area contributed by atoms with Crippen molar-refractivity contribution in [3.8, 4) is 11.4 Å². The number of carbonyl (C=O) groups is 1. The summed E-state index contributed by atoms with van der Waals surface area (Å²) >= 11 is 1.55. The lowest BCUT2D eigenvalue weighted by Gasteiger charge is -2.12. The molecule has 1 aromatic carbocycles. The minimum Gasteiger partial charge on any atom is -0.300 e. The minimum atomic E-state index is -0.0568. The van der Waals surface area contributed by atoms with Gasteiger partial charge >= 0.3 is 0 Å². The first-order chi connectivity index (χ1) is 11.4. The first-order valence-corrected chi connectivity index (χ1v) is 8.77. The van der Waals surface area contributed by atoms with E-state index >= 15 is 0 Å². The molecule has 2 aromatic heterocycles. The molecule has 3 rings (SSSR count). The number of fused-ring (bicyclic) bond motifs is 1. The monoisotopic (exact) mass is 340 g/mol. The number of ketones is 1. The van der Waals surface area contributed by atoms with Crippen LogP contribution in [0.25, 0.3) is 21.6 Å². The molecule has 0 aliphatic heterocycles. The number of hydrogen-bond acceptors (Lipinski definition) is 4. The number of carbonyl (C=O) groups excluding carboxylic acids is 1. The summed E-state index contributed by atoms with van der Waals surface area (Å²) in [6, 6.07) is 7.96. The molecule has 0 aliphatic rings. The summed E-state index contributed by atoms with van der Waals surface area (Å²) in [5, 5.41) is 0.678. The van der Waals surface area contributed by atoms with E-state index in [1.54, 1.807) is 22.8 Å². The Morgan fingerprint density at radius 3 is 2.46 bits per heavy atom. The van der Waals surface area contributed by atoms with E-state index in [0.29, 0.717) is 24.2 Å². The Morgan fingerprint density at radius 1 is 1.17 bits per heavy atom. The quantitative estimate of drug-likeness (QED) is 0.720. The van der Waals surface area contributed by atoms with Crippen LogP contribution in [0.3, 0.4) is 0 Å². The lowest BCUT2D eigenvalue weighted by molar-refractivity contribution is -0.117. The van der Waals surface area contributed by atoms with Crippen molar-refractivity contribution in [2.75, 3.05) is 0 Å². The molecule has 0 saturated heterocycles. The van der Waals surface area contributed by atoms with Crippen LogP contribution in [0.2, 0.25) is 0 Å². The summed E-state index contributed by atoms with van der Waals surface area (Å²) in [5.74, 6) is 0.699. The Morgan fingerprint density at radius 2 is 1.83 bits per heavy atom. The molecule has 0 saturated carbocycles. The lowest BCUT2D eigenvalue weighted by atomic mass is 10.1. The Balaban J connectivity index is 2.29. The van der Waals surface area contributed by atoms with Gasteiger partial charge in [0.05, 0.1) is 5.39 Å². The van der Waals surface area contributed by atoms with Gasteiger partial charge in [0.25, 0.3) is 5.56 Å². The summed E-state index contributed by atoms with van der Waals surface area (Å²) in [6.07, 6.45) is 0.328. The van der Waals surface area contributed by atoms with Crippen molar-refractivity contribution in [3.05, 3.63) is 50.6 Å². The van der Waals surface area contributed by atoms with Gasteiger partial charge in [0.1, 0.15) is 16.4 Å². The molecule has 0 N–H and O–H groups in total. The van der Waals surface area contributed by atoms with Crippen molar-refractivity contribution in [1.29, 1.82) is 0 Å². The Kier molecular flexibility index (Phi) is 4.37. The van der Waals surface area contributed by atoms with E-state index in [4.69, 9.17) is 4.98 Å². The van der Waals surface area contributed by atoms with Crippen LogP contribution in [0.15, 0.2) is 29.1 Å². The van der Waals surface area contributed by atoms with Gasteiger partial charge in [-0.3, -0.25) is 14.2 Å². The van der Waals surface area contributed by atoms with Gasteiger partial charge in [0.15, 0.2) is 0 Å². The van der Waals surface area contributed by atoms with Gasteiger partial charge in [-0.25, -0.2) is 4.98 Å². The van der Waals surface area contributed by atoms with Crippen molar-refractivity contribution in [2.45, 2.75) is 40.7 Å². The molecule has 0 atom stereocenters. The number of aryl methyl sites for hydroxylation is 3. The number of Topliss-reactive ketones (excluding diaryl/α,β-unsaturated/α-hetero) is 1. The second kappa shape index (κ2) is 6.32. The largest absolute Gasteiger partial charge is 0.300 e. The van der Waals surface area contributed by atoms with Gasteiger partial charge in [-0.05, 0) is 33.3 Å². The maximum atomic E-state index is 13.1. The van der Waals surface area contributed by atoms with Crippen LogP contribution in [0.4, 0.5) is 0 Å². The number of rotatable bonds is 4. The molecule has 0 aliphatic carbocycles. The van der Waals surface area contributed by atoms with E-state index in [0.717, 1.165) is 26.4 Å². The van der Waals surface area contributed by atoms with Crippen molar-refractivity contribution in [3.63, 3.8) is 0 Å². The number of aromatic nitrogens is 2. The van der Waals surface area contributed by atoms with E-state index in [9.17, 15) is 9.59 Å². The molecule has 0 bridgehead atoms. The number of thiophene rings is 1. The van der Waals surface area contributed by atoms with Crippen LogP contribution >= 0.6 is 11.3 Å². The van der Waals surface area contributed by atoms with Crippen molar-refractivity contribution < 1.29 is 4.79 Å². The van der Waals surface area contributed by atoms with Crippen LogP contribution in [-0.4, -0.2) is 15.3 Å². The third-order valence-corrected chi connectivity index (χ3v) is 5.39. The zero-order valence-electron chi connectivity index (χ0n) is 14.3. The predicted molar refractivity (Wildman–Crippen MR) is 98.8 cm³/mol. The zero-order valence-corrected chi connectivity index (χ0v) is 15.2. The zero-order chi connectivity index (χ0) is 17.4. The van der Waals surface area contributed by atoms with E-state index in [1.807, 2.05) is 45.0 Å². The Hall–Kier alpha value is -2.27. The van der Waals surface area contributed by atoms with Crippen molar-refractivity contribution >= 4 is 27.3 Å². The van der Waals surface area contributed by atoms with Crippen LogP contribution in [-0.2, 0) is 11.3 Å². The normalized spacial score (nSPS) is 11.2. The second-order valence-corrected chi connectivity index (χ2v) is 7.38. The average molecular weight is 340 g/mol. The van der Waals surface area contributed by atoms with Gasteiger partial charge in [-0.15, -0.1) is 11.3 Å². The van der Waals surface area contributed by atoms with E-state index in [-0.39, 0.29) is 11.3 Å². The third kappa shape index (κ3) is 2.91. The van der Waals surface area contributed by atoms with Gasteiger partial charge in [0, 0.05) is 23.4 Å². The van der Waals surface area contributed by atoms with Gasteiger partial charge in [-0.1, -0.05) is 29.8 Å². The third-order valence-electron chi connectivity index (χ3n) is 4.29. The molecular formula is C19H20N2O2S. The van der Waals surface area contributed by atoms with Crippen LogP contribution < -0.4 is 5.56 Å². The summed E-state index contributed by atoms with van der Waals surface area (Å²) in [6.45, 7) is 7.89. The fourth-order valence-electron chi connectivity index (χ4n) is 2.73. The molecule has 0 unspecified atom stereocenters. The van der Waals surface area contributed by atoms with Gasteiger partial charge in [0.2, 0.25) is 0 Å². The summed E-state index contributed by atoms with van der Waals surface area (Å²) < 4.78 is 1.65. The lowest BCUT2D eigenvalue weighted by Crippen LogP contribution is -2.24. The van der Waals surface area contributed by atoms with Crippen molar-refractivity contribution in [1.82, 2.24) is 9.55 Å². The van der Waals surface area contributed by atoms with Crippen LogP contribution in [0.5, 0.6) is 0 Å². The number of benzene rings is 1. The molecule has 0 spiro atoms. The molecule has 0 amide bonds. The number of nitrogens with zero attached hydrogens (tertiary/aromatic N) is 2. The van der Waals surface area contributed by atoms with Gasteiger partial charge < -0.3 is 0 Å². The van der Waals surface area contributed by atoms with E-state index in [1.165, 1.54) is 0 Å². The molecule has 2 heterocycles. The van der Waals surface area contributed by atoms with Crippen LogP contribution in [0, 0.1) is 20.8 Å². The highest BCUT2D eigenvalue weighted by atomic mass is 32.1. The fourth-order valence-corrected chi connectivity index (χ4v) is 3.75. The topological polar surface area (TPSA) is 52.0 Å². The Labute approximate surface area is 144 Å². The van der Waals surface area contributed by atoms with E-state index < -0.39 is 0 Å². The molecular weight excluding hydrogens is 320 g/mol. The standard InChI is InChI=1S/C19H20N2O2S/c1-11-5-7-15(8-6-11)17-20-18-16(13(3)14(4)24-18)19(23)21(17)10-9-12(2)22/h5-8H,9-10H2,1-4H3. The highest BCUT2D eigenvalue weighted by Gasteiger charge is 2.17. The van der Waals surface area contributed by atoms with Crippen LogP contribution in [0.1, 0.15) is 29.3 Å². The molecule has 0 radical (unpaired) electrons. The molecule has 0 fully saturated rings. The minimum absolute atomic E-state index is 0.0568. The first-order valence-electron chi connectivity index (χ1n) is 7.95. The predicted octanol–water partition coefficient (Wildman–Crippen LogP) is 4.03. The molecule has 3 aromatic rings. The summed E-state index contributed by atoms with van der Waals surface area (Å²) in [4.78, 5) is 31.1. The number of hydrogen-bond donors (Lipinski definition) is 0. The smallest absolute Gasteiger partial charge is 0.262 e.